The van der Waals surface area contributed by atoms with E-state index in [0.717, 1.165) is 48.4 Å². The second-order valence-electron chi connectivity index (χ2n) is 10.6. The number of carbonyl (C=O) groups excluding carboxylic acids is 1. The molecule has 0 aromatic carbocycles. The standard InChI is InChI=1S/C25H36N2O/c1-4-27-19(11-14-26-27)15-17-16-22-20-9-8-18-7-5-6-12-24(18,2)21(20)10-13-25(22,3)23(17)28/h11,14-15,18,20-22H,4-10,12-13,16H2,1-3H3/b17-15-. The molecule has 0 radical (unpaired) electrons. The summed E-state index contributed by atoms with van der Waals surface area (Å²) in [6.07, 6.45) is 15.9. The smallest absolute Gasteiger partial charge is 0.165 e. The number of hydrogen-bond acceptors (Lipinski definition) is 2. The number of nitrogens with zero attached hydrogens (tertiary/aromatic N) is 2. The van der Waals surface area contributed by atoms with E-state index in [1.165, 1.54) is 44.9 Å². The Bertz CT molecular complexity index is 807. The molecule has 0 aliphatic heterocycles. The van der Waals surface area contributed by atoms with E-state index < -0.39 is 0 Å². The Kier molecular flexibility index (Phi) is 4.37. The molecule has 4 saturated carbocycles. The Morgan fingerprint density at radius 1 is 1.14 bits per heavy atom. The third kappa shape index (κ3) is 2.53. The van der Waals surface area contributed by atoms with Gasteiger partial charge in [0.1, 0.15) is 0 Å². The molecular weight excluding hydrogens is 344 g/mol. The van der Waals surface area contributed by atoms with Gasteiger partial charge in [0.05, 0.1) is 5.69 Å². The number of aryl methyl sites for hydroxylation is 1. The molecule has 1 heterocycles. The van der Waals surface area contributed by atoms with Gasteiger partial charge in [0.15, 0.2) is 5.78 Å². The lowest BCUT2D eigenvalue weighted by atomic mass is 9.45. The van der Waals surface area contributed by atoms with Gasteiger partial charge in [0.2, 0.25) is 0 Å². The number of aromatic nitrogens is 2. The van der Waals surface area contributed by atoms with Crippen LogP contribution in [-0.2, 0) is 11.3 Å². The van der Waals surface area contributed by atoms with Crippen LogP contribution in [-0.4, -0.2) is 15.6 Å². The highest BCUT2D eigenvalue weighted by molar-refractivity contribution is 6.05. The summed E-state index contributed by atoms with van der Waals surface area (Å²) < 4.78 is 2.00. The summed E-state index contributed by atoms with van der Waals surface area (Å²) in [5, 5.41) is 4.39. The Morgan fingerprint density at radius 2 is 2.00 bits per heavy atom. The van der Waals surface area contributed by atoms with Gasteiger partial charge in [-0.15, -0.1) is 0 Å². The van der Waals surface area contributed by atoms with Crippen LogP contribution in [0.3, 0.4) is 0 Å². The zero-order chi connectivity index (χ0) is 19.5. The molecule has 5 rings (SSSR count). The third-order valence-corrected chi connectivity index (χ3v) is 9.59. The Hall–Kier alpha value is -1.38. The lowest BCUT2D eigenvalue weighted by Crippen LogP contribution is -2.52. The van der Waals surface area contributed by atoms with Crippen molar-refractivity contribution in [1.29, 1.82) is 0 Å². The van der Waals surface area contributed by atoms with E-state index in [4.69, 9.17) is 0 Å². The predicted molar refractivity (Wildman–Crippen MR) is 113 cm³/mol. The normalized spacial score (nSPS) is 44.2. The maximum Gasteiger partial charge on any atom is 0.165 e. The fourth-order valence-corrected chi connectivity index (χ4v) is 8.00. The third-order valence-electron chi connectivity index (χ3n) is 9.59. The van der Waals surface area contributed by atoms with Crippen molar-refractivity contribution in [3.63, 3.8) is 0 Å². The number of Topliss-reactive ketones (excluding diaryl/α,β-unsaturated/α-hetero) is 1. The monoisotopic (exact) mass is 380 g/mol. The minimum Gasteiger partial charge on any atom is -0.294 e. The average Bonchev–Trinajstić information content (AvgIpc) is 3.24. The zero-order valence-electron chi connectivity index (χ0n) is 17.9. The molecule has 28 heavy (non-hydrogen) atoms. The van der Waals surface area contributed by atoms with E-state index in [0.29, 0.717) is 17.1 Å². The fraction of sp³-hybridized carbons (Fsp3) is 0.760. The van der Waals surface area contributed by atoms with Crippen molar-refractivity contribution in [2.24, 2.45) is 34.5 Å². The minimum absolute atomic E-state index is 0.123. The van der Waals surface area contributed by atoms with Crippen molar-refractivity contribution >= 4 is 11.9 Å². The van der Waals surface area contributed by atoms with Gasteiger partial charge in [-0.05, 0) is 98.7 Å². The van der Waals surface area contributed by atoms with Crippen LogP contribution in [0.1, 0.15) is 84.3 Å². The van der Waals surface area contributed by atoms with Crippen LogP contribution in [0, 0.1) is 34.5 Å². The highest BCUT2D eigenvalue weighted by atomic mass is 16.1. The van der Waals surface area contributed by atoms with Gasteiger partial charge in [-0.2, -0.15) is 5.10 Å². The maximum atomic E-state index is 13.5. The highest BCUT2D eigenvalue weighted by Crippen LogP contribution is 2.66. The summed E-state index contributed by atoms with van der Waals surface area (Å²) in [6.45, 7) is 7.87. The molecule has 3 heteroatoms. The van der Waals surface area contributed by atoms with Gasteiger partial charge < -0.3 is 0 Å². The van der Waals surface area contributed by atoms with Crippen LogP contribution >= 0.6 is 0 Å². The first-order valence-electron chi connectivity index (χ1n) is 11.7. The predicted octanol–water partition coefficient (Wildman–Crippen LogP) is 5.90. The van der Waals surface area contributed by atoms with Gasteiger partial charge in [-0.25, -0.2) is 0 Å². The largest absolute Gasteiger partial charge is 0.294 e. The second-order valence-corrected chi connectivity index (χ2v) is 10.6. The van der Waals surface area contributed by atoms with E-state index in [9.17, 15) is 4.79 Å². The molecule has 0 spiro atoms. The summed E-state index contributed by atoms with van der Waals surface area (Å²) in [6, 6.07) is 2.05. The molecule has 0 saturated heterocycles. The van der Waals surface area contributed by atoms with Crippen molar-refractivity contribution in [2.75, 3.05) is 0 Å². The number of allylic oxidation sites excluding steroid dienone is 1. The quantitative estimate of drug-likeness (QED) is 0.599. The Labute approximate surface area is 170 Å². The summed E-state index contributed by atoms with van der Waals surface area (Å²) in [7, 11) is 0. The molecule has 0 bridgehead atoms. The SMILES string of the molecule is CCn1nccc1/C=C1/CC2C3CCC4CCCCC4(C)C3CCC2(C)C1=O. The molecule has 4 aliphatic rings. The zero-order valence-corrected chi connectivity index (χ0v) is 17.9. The summed E-state index contributed by atoms with van der Waals surface area (Å²) >= 11 is 0. The van der Waals surface area contributed by atoms with Crippen LogP contribution in [0.15, 0.2) is 17.8 Å². The van der Waals surface area contributed by atoms with Crippen LogP contribution in [0.2, 0.25) is 0 Å². The van der Waals surface area contributed by atoms with Crippen LogP contribution in [0.25, 0.3) is 6.08 Å². The number of rotatable bonds is 2. The molecule has 0 N–H and O–H groups in total. The van der Waals surface area contributed by atoms with Gasteiger partial charge >= 0.3 is 0 Å². The maximum absolute atomic E-state index is 13.5. The van der Waals surface area contributed by atoms with Gasteiger partial charge in [0, 0.05) is 18.2 Å². The topological polar surface area (TPSA) is 34.9 Å². The van der Waals surface area contributed by atoms with Gasteiger partial charge in [0.25, 0.3) is 0 Å². The van der Waals surface area contributed by atoms with E-state index >= 15 is 0 Å². The first-order chi connectivity index (χ1) is 13.5. The summed E-state index contributed by atoms with van der Waals surface area (Å²) in [5.41, 5.74) is 2.58. The van der Waals surface area contributed by atoms with Crippen molar-refractivity contribution in [2.45, 2.75) is 85.1 Å². The molecule has 6 unspecified atom stereocenters. The number of fused-ring (bicyclic) bond motifs is 5. The molecule has 1 aromatic rings. The fourth-order valence-electron chi connectivity index (χ4n) is 8.00. The van der Waals surface area contributed by atoms with Crippen LogP contribution in [0.4, 0.5) is 0 Å². The average molecular weight is 381 g/mol. The number of ketones is 1. The first-order valence-corrected chi connectivity index (χ1v) is 11.7. The molecule has 3 nitrogen and oxygen atoms in total. The van der Waals surface area contributed by atoms with Crippen molar-refractivity contribution < 1.29 is 4.79 Å². The molecular formula is C25H36N2O. The molecule has 4 fully saturated rings. The molecule has 152 valence electrons. The van der Waals surface area contributed by atoms with Crippen molar-refractivity contribution in [3.8, 4) is 0 Å². The molecule has 0 amide bonds. The van der Waals surface area contributed by atoms with Crippen molar-refractivity contribution in [3.05, 3.63) is 23.5 Å². The van der Waals surface area contributed by atoms with E-state index in [1.807, 2.05) is 16.9 Å². The summed E-state index contributed by atoms with van der Waals surface area (Å²) in [4.78, 5) is 13.5. The first kappa shape index (κ1) is 18.6. The Morgan fingerprint density at radius 3 is 2.82 bits per heavy atom. The highest BCUT2D eigenvalue weighted by Gasteiger charge is 2.60. The molecule has 1 aromatic heterocycles. The molecule has 4 aliphatic carbocycles. The lowest BCUT2D eigenvalue weighted by molar-refractivity contribution is -0.137. The second kappa shape index (κ2) is 6.57. The van der Waals surface area contributed by atoms with Gasteiger partial charge in [-0.3, -0.25) is 9.48 Å². The van der Waals surface area contributed by atoms with Gasteiger partial charge in [-0.1, -0.05) is 26.7 Å². The lowest BCUT2D eigenvalue weighted by Gasteiger charge is -2.59. The summed E-state index contributed by atoms with van der Waals surface area (Å²) in [5.74, 6) is 3.54. The van der Waals surface area contributed by atoms with Crippen LogP contribution < -0.4 is 0 Å². The number of carbonyl (C=O) groups is 1. The number of hydrogen-bond donors (Lipinski definition) is 0. The Balaban J connectivity index is 1.47. The van der Waals surface area contributed by atoms with E-state index in [2.05, 4.69) is 31.9 Å². The molecule has 6 atom stereocenters. The van der Waals surface area contributed by atoms with Crippen LogP contribution in [0.5, 0.6) is 0 Å². The minimum atomic E-state index is -0.123. The van der Waals surface area contributed by atoms with Crippen molar-refractivity contribution in [1.82, 2.24) is 9.78 Å². The van der Waals surface area contributed by atoms with E-state index in [1.54, 1.807) is 0 Å². The van der Waals surface area contributed by atoms with E-state index in [-0.39, 0.29) is 5.41 Å².